The van der Waals surface area contributed by atoms with Crippen molar-refractivity contribution in [2.45, 2.75) is 26.2 Å². The van der Waals surface area contributed by atoms with Gasteiger partial charge in [0.15, 0.2) is 0 Å². The molecule has 0 aromatic heterocycles. The van der Waals surface area contributed by atoms with Gasteiger partial charge in [-0.3, -0.25) is 0 Å². The van der Waals surface area contributed by atoms with Gasteiger partial charge in [-0.05, 0) is 78.2 Å². The van der Waals surface area contributed by atoms with E-state index in [4.69, 9.17) is 0 Å². The Morgan fingerprint density at radius 1 is 0.727 bits per heavy atom. The van der Waals surface area contributed by atoms with E-state index in [1.807, 2.05) is 66.7 Å². The smallest absolute Gasteiger partial charge is 0.146 e. The lowest BCUT2D eigenvalue weighted by atomic mass is 10.0. The molecule has 33 heavy (non-hydrogen) atoms. The predicted molar refractivity (Wildman–Crippen MR) is 137 cm³/mol. The van der Waals surface area contributed by atoms with E-state index in [9.17, 15) is 4.39 Å². The molecule has 0 spiro atoms. The first kappa shape index (κ1) is 22.1. The fourth-order valence-corrected chi connectivity index (χ4v) is 3.61. The summed E-state index contributed by atoms with van der Waals surface area (Å²) in [6.07, 6.45) is 4.74. The second kappa shape index (κ2) is 10.5. The van der Waals surface area contributed by atoms with Gasteiger partial charge < -0.3 is 0 Å². The second-order valence-electron chi connectivity index (χ2n) is 7.94. The van der Waals surface area contributed by atoms with Crippen molar-refractivity contribution in [2.75, 3.05) is 0 Å². The van der Waals surface area contributed by atoms with E-state index in [-0.39, 0.29) is 5.82 Å². The van der Waals surface area contributed by atoms with Crippen LogP contribution in [0.1, 0.15) is 46.7 Å². The van der Waals surface area contributed by atoms with Gasteiger partial charge in [0.1, 0.15) is 5.82 Å². The first-order valence-corrected chi connectivity index (χ1v) is 11.2. The average Bonchev–Trinajstić information content (AvgIpc) is 2.86. The maximum atomic E-state index is 15.0. The van der Waals surface area contributed by atoms with Gasteiger partial charge in [0, 0.05) is 22.1 Å². The number of halogens is 1. The van der Waals surface area contributed by atoms with Crippen LogP contribution in [-0.4, -0.2) is 0 Å². The molecule has 0 aliphatic carbocycles. The zero-order valence-corrected chi connectivity index (χ0v) is 18.8. The molecule has 4 aromatic rings. The Morgan fingerprint density at radius 2 is 1.30 bits per heavy atom. The lowest BCUT2D eigenvalue weighted by molar-refractivity contribution is 0.636. The lowest BCUT2D eigenvalue weighted by Crippen LogP contribution is -1.89. The summed E-state index contributed by atoms with van der Waals surface area (Å²) in [5.41, 5.74) is 5.63. The van der Waals surface area contributed by atoms with Crippen molar-refractivity contribution < 1.29 is 4.39 Å². The van der Waals surface area contributed by atoms with Gasteiger partial charge in [0.25, 0.3) is 0 Å². The molecule has 0 heterocycles. The minimum Gasteiger partial charge on any atom is -0.205 e. The van der Waals surface area contributed by atoms with Gasteiger partial charge in [0.2, 0.25) is 0 Å². The van der Waals surface area contributed by atoms with Crippen molar-refractivity contribution in [1.29, 1.82) is 0 Å². The standard InChI is InChI=1S/C32H25F/c1-3-5-6-28-18-22-31-30(23-28)21-20-29(32(31)33)19-17-27-15-13-26(14-16-27)12-11-25-9-7-24(4-2)8-10-25/h3,7-10,13-16,18,20-23H,1,4-6H2,2H3. The van der Waals surface area contributed by atoms with Crippen LogP contribution in [0.2, 0.25) is 0 Å². The first-order chi connectivity index (χ1) is 16.2. The summed E-state index contributed by atoms with van der Waals surface area (Å²) in [5.74, 6) is 12.2. The van der Waals surface area contributed by atoms with E-state index in [2.05, 4.69) is 49.3 Å². The van der Waals surface area contributed by atoms with Crippen LogP contribution in [0.3, 0.4) is 0 Å². The van der Waals surface area contributed by atoms with Gasteiger partial charge in [-0.2, -0.15) is 0 Å². The van der Waals surface area contributed by atoms with Crippen LogP contribution in [0, 0.1) is 29.5 Å². The summed E-state index contributed by atoms with van der Waals surface area (Å²) >= 11 is 0. The van der Waals surface area contributed by atoms with Crippen molar-refractivity contribution in [3.05, 3.63) is 131 Å². The molecule has 0 nitrogen and oxygen atoms in total. The molecular weight excluding hydrogens is 403 g/mol. The number of fused-ring (bicyclic) bond motifs is 1. The van der Waals surface area contributed by atoms with Crippen LogP contribution in [-0.2, 0) is 12.8 Å². The summed E-state index contributed by atoms with van der Waals surface area (Å²) < 4.78 is 15.0. The fraction of sp³-hybridized carbons (Fsp3) is 0.125. The second-order valence-corrected chi connectivity index (χ2v) is 7.94. The highest BCUT2D eigenvalue weighted by atomic mass is 19.1. The Balaban J connectivity index is 1.50. The van der Waals surface area contributed by atoms with E-state index in [1.165, 1.54) is 11.1 Å². The quantitative estimate of drug-likeness (QED) is 0.234. The molecule has 160 valence electrons. The average molecular weight is 429 g/mol. The molecule has 0 atom stereocenters. The molecule has 0 radical (unpaired) electrons. The molecule has 4 rings (SSSR count). The Labute approximate surface area is 195 Å². The van der Waals surface area contributed by atoms with Crippen LogP contribution in [0.4, 0.5) is 4.39 Å². The zero-order valence-electron chi connectivity index (χ0n) is 18.8. The van der Waals surface area contributed by atoms with E-state index in [0.717, 1.165) is 41.3 Å². The Morgan fingerprint density at radius 3 is 1.91 bits per heavy atom. The Bertz CT molecular complexity index is 1400. The number of hydrogen-bond acceptors (Lipinski definition) is 0. The van der Waals surface area contributed by atoms with E-state index >= 15 is 0 Å². The number of allylic oxidation sites excluding steroid dienone is 1. The molecule has 0 saturated carbocycles. The first-order valence-electron chi connectivity index (χ1n) is 11.2. The summed E-state index contributed by atoms with van der Waals surface area (Å²) in [6, 6.07) is 25.6. The van der Waals surface area contributed by atoms with Crippen LogP contribution in [0.15, 0.2) is 91.5 Å². The highest BCUT2D eigenvalue weighted by Crippen LogP contribution is 2.23. The number of hydrogen-bond donors (Lipinski definition) is 0. The molecular formula is C32H25F. The largest absolute Gasteiger partial charge is 0.205 e. The third-order valence-corrected chi connectivity index (χ3v) is 5.60. The van der Waals surface area contributed by atoms with E-state index in [1.54, 1.807) is 6.07 Å². The van der Waals surface area contributed by atoms with Gasteiger partial charge in [0.05, 0.1) is 5.56 Å². The highest BCUT2D eigenvalue weighted by molar-refractivity contribution is 5.85. The van der Waals surface area contributed by atoms with Crippen molar-refractivity contribution >= 4 is 10.8 Å². The van der Waals surface area contributed by atoms with Crippen molar-refractivity contribution in [3.63, 3.8) is 0 Å². The number of rotatable bonds is 4. The zero-order chi connectivity index (χ0) is 23.0. The number of benzene rings is 4. The van der Waals surface area contributed by atoms with Crippen LogP contribution in [0.25, 0.3) is 10.8 Å². The summed E-state index contributed by atoms with van der Waals surface area (Å²) in [7, 11) is 0. The summed E-state index contributed by atoms with van der Waals surface area (Å²) in [4.78, 5) is 0. The molecule has 0 saturated heterocycles. The van der Waals surface area contributed by atoms with Crippen molar-refractivity contribution in [2.24, 2.45) is 0 Å². The summed E-state index contributed by atoms with van der Waals surface area (Å²) in [6.45, 7) is 5.90. The Hall–Kier alpha value is -4.07. The van der Waals surface area contributed by atoms with E-state index in [0.29, 0.717) is 10.9 Å². The van der Waals surface area contributed by atoms with Gasteiger partial charge >= 0.3 is 0 Å². The highest BCUT2D eigenvalue weighted by Gasteiger charge is 2.06. The fourth-order valence-electron chi connectivity index (χ4n) is 3.61. The monoisotopic (exact) mass is 428 g/mol. The van der Waals surface area contributed by atoms with Crippen molar-refractivity contribution in [1.82, 2.24) is 0 Å². The Kier molecular flexibility index (Phi) is 7.04. The third kappa shape index (κ3) is 5.60. The molecule has 0 aliphatic rings. The van der Waals surface area contributed by atoms with Gasteiger partial charge in [-0.15, -0.1) is 6.58 Å². The minimum absolute atomic E-state index is 0.271. The molecule has 1 heteroatoms. The predicted octanol–water partition coefficient (Wildman–Crippen LogP) is 7.46. The van der Waals surface area contributed by atoms with Gasteiger partial charge in [-0.25, -0.2) is 4.39 Å². The maximum absolute atomic E-state index is 15.0. The van der Waals surface area contributed by atoms with Crippen LogP contribution < -0.4 is 0 Å². The molecule has 0 unspecified atom stereocenters. The molecule has 0 N–H and O–H groups in total. The lowest BCUT2D eigenvalue weighted by Gasteiger charge is -2.05. The molecule has 0 fully saturated rings. The molecule has 0 aliphatic heterocycles. The maximum Gasteiger partial charge on any atom is 0.146 e. The van der Waals surface area contributed by atoms with E-state index < -0.39 is 0 Å². The van der Waals surface area contributed by atoms with Crippen molar-refractivity contribution in [3.8, 4) is 23.7 Å². The topological polar surface area (TPSA) is 0 Å². The van der Waals surface area contributed by atoms with Crippen LogP contribution in [0.5, 0.6) is 0 Å². The number of aryl methyl sites for hydroxylation is 2. The molecule has 0 amide bonds. The SMILES string of the molecule is C=CCCc1ccc2c(F)c(C#Cc3ccc(C#Cc4ccc(CC)cc4)cc3)ccc2c1. The van der Waals surface area contributed by atoms with Gasteiger partial charge in [-0.1, -0.05) is 73.1 Å². The molecule has 0 bridgehead atoms. The minimum atomic E-state index is -0.271. The molecule has 4 aromatic carbocycles. The summed E-state index contributed by atoms with van der Waals surface area (Å²) in [5, 5.41) is 1.49. The third-order valence-electron chi connectivity index (χ3n) is 5.60. The normalized spacial score (nSPS) is 10.1. The van der Waals surface area contributed by atoms with Crippen LogP contribution >= 0.6 is 0 Å².